The van der Waals surface area contributed by atoms with E-state index >= 15 is 0 Å². The maximum absolute atomic E-state index is 6.05. The summed E-state index contributed by atoms with van der Waals surface area (Å²) in [6.07, 6.45) is 4.02. The van der Waals surface area contributed by atoms with E-state index in [0.29, 0.717) is 10.9 Å². The van der Waals surface area contributed by atoms with Gasteiger partial charge in [-0.3, -0.25) is 0 Å². The minimum absolute atomic E-state index is 0.650. The highest BCUT2D eigenvalue weighted by molar-refractivity contribution is 9.10. The molecule has 0 saturated carbocycles. The Bertz CT molecular complexity index is 356. The van der Waals surface area contributed by atoms with Crippen molar-refractivity contribution in [2.24, 2.45) is 5.92 Å². The van der Waals surface area contributed by atoms with Crippen LogP contribution in [0, 0.1) is 5.92 Å². The van der Waals surface area contributed by atoms with Crippen LogP contribution in [0.25, 0.3) is 0 Å². The third kappa shape index (κ3) is 3.34. The second-order valence-electron chi connectivity index (χ2n) is 3.93. The maximum Gasteiger partial charge on any atom is 0.144 e. The number of rotatable bonds is 4. The van der Waals surface area contributed by atoms with Crippen LogP contribution in [-0.4, -0.2) is 24.7 Å². The van der Waals surface area contributed by atoms with E-state index in [1.165, 1.54) is 6.42 Å². The number of ether oxygens (including phenoxy) is 1. The van der Waals surface area contributed by atoms with Gasteiger partial charge in [0.15, 0.2) is 0 Å². The van der Waals surface area contributed by atoms with E-state index < -0.39 is 0 Å². The molecule has 2 heterocycles. The van der Waals surface area contributed by atoms with Crippen molar-refractivity contribution in [3.05, 3.63) is 21.8 Å². The monoisotopic (exact) mass is 304 g/mol. The summed E-state index contributed by atoms with van der Waals surface area (Å²) in [7, 11) is 0. The third-order valence-corrected chi connectivity index (χ3v) is 3.40. The summed E-state index contributed by atoms with van der Waals surface area (Å²) >= 11 is 9.37. The van der Waals surface area contributed by atoms with Crippen LogP contribution in [0.2, 0.25) is 5.02 Å². The zero-order chi connectivity index (χ0) is 11.4. The number of pyridine rings is 1. The number of hydrogen-bond acceptors (Lipinski definition) is 3. The number of halogens is 2. The highest BCUT2D eigenvalue weighted by Crippen LogP contribution is 2.23. The molecule has 1 unspecified atom stereocenters. The summed E-state index contributed by atoms with van der Waals surface area (Å²) in [6.45, 7) is 2.69. The summed E-state index contributed by atoms with van der Waals surface area (Å²) in [5, 5.41) is 3.90. The summed E-state index contributed by atoms with van der Waals surface area (Å²) < 4.78 is 6.22. The molecule has 1 N–H and O–H groups in total. The summed E-state index contributed by atoms with van der Waals surface area (Å²) in [5.41, 5.74) is 0. The van der Waals surface area contributed by atoms with Gasteiger partial charge in [0.1, 0.15) is 5.82 Å². The first-order valence-corrected chi connectivity index (χ1v) is 6.55. The van der Waals surface area contributed by atoms with E-state index in [1.807, 2.05) is 6.07 Å². The second-order valence-corrected chi connectivity index (χ2v) is 5.25. The Kier molecular flexibility index (Phi) is 4.44. The molecule has 1 aliphatic rings. The molecule has 2 rings (SSSR count). The van der Waals surface area contributed by atoms with Crippen molar-refractivity contribution in [1.29, 1.82) is 0 Å². The number of anilines is 1. The van der Waals surface area contributed by atoms with Gasteiger partial charge in [-0.15, -0.1) is 0 Å². The lowest BCUT2D eigenvalue weighted by atomic mass is 10.1. The average molecular weight is 306 g/mol. The molecule has 0 bridgehead atoms. The molecule has 1 aromatic rings. The SMILES string of the molecule is Clc1cc(Br)cnc1NCCC1CCOC1. The molecular formula is C11H14BrClN2O. The molecular weight excluding hydrogens is 291 g/mol. The Hall–Kier alpha value is -0.320. The van der Waals surface area contributed by atoms with Crippen LogP contribution in [0.3, 0.4) is 0 Å². The highest BCUT2D eigenvalue weighted by atomic mass is 79.9. The number of aromatic nitrogens is 1. The largest absolute Gasteiger partial charge is 0.381 e. The zero-order valence-corrected chi connectivity index (χ0v) is 11.2. The minimum Gasteiger partial charge on any atom is -0.381 e. The Morgan fingerprint density at radius 1 is 1.62 bits per heavy atom. The van der Waals surface area contributed by atoms with E-state index in [4.69, 9.17) is 16.3 Å². The van der Waals surface area contributed by atoms with E-state index in [0.717, 1.165) is 36.5 Å². The first-order chi connectivity index (χ1) is 7.75. The molecule has 1 aromatic heterocycles. The summed E-state index contributed by atoms with van der Waals surface area (Å²) in [6, 6.07) is 1.84. The third-order valence-electron chi connectivity index (χ3n) is 2.68. The topological polar surface area (TPSA) is 34.2 Å². The quantitative estimate of drug-likeness (QED) is 0.926. The highest BCUT2D eigenvalue weighted by Gasteiger charge is 2.15. The maximum atomic E-state index is 6.05. The Labute approximate surface area is 109 Å². The van der Waals surface area contributed by atoms with E-state index in [1.54, 1.807) is 6.20 Å². The Balaban J connectivity index is 1.80. The molecule has 1 aliphatic heterocycles. The van der Waals surface area contributed by atoms with Crippen molar-refractivity contribution < 1.29 is 4.74 Å². The van der Waals surface area contributed by atoms with Crippen LogP contribution in [-0.2, 0) is 4.74 Å². The molecule has 1 fully saturated rings. The van der Waals surface area contributed by atoms with E-state index in [2.05, 4.69) is 26.2 Å². The first-order valence-electron chi connectivity index (χ1n) is 5.38. The van der Waals surface area contributed by atoms with Crippen LogP contribution in [0.5, 0.6) is 0 Å². The van der Waals surface area contributed by atoms with Crippen molar-refractivity contribution in [2.75, 3.05) is 25.1 Å². The van der Waals surface area contributed by atoms with Gasteiger partial charge in [-0.1, -0.05) is 11.6 Å². The molecule has 1 atom stereocenters. The molecule has 0 aliphatic carbocycles. The van der Waals surface area contributed by atoms with Crippen LogP contribution in [0.15, 0.2) is 16.7 Å². The van der Waals surface area contributed by atoms with Crippen LogP contribution in [0.1, 0.15) is 12.8 Å². The molecule has 3 nitrogen and oxygen atoms in total. The van der Waals surface area contributed by atoms with Gasteiger partial charge < -0.3 is 10.1 Å². The molecule has 0 radical (unpaired) electrons. The van der Waals surface area contributed by atoms with Crippen LogP contribution < -0.4 is 5.32 Å². The predicted octanol–water partition coefficient (Wildman–Crippen LogP) is 3.34. The lowest BCUT2D eigenvalue weighted by Gasteiger charge is -2.10. The van der Waals surface area contributed by atoms with Crippen molar-refractivity contribution >= 4 is 33.3 Å². The van der Waals surface area contributed by atoms with Crippen molar-refractivity contribution in [1.82, 2.24) is 4.98 Å². The summed E-state index contributed by atoms with van der Waals surface area (Å²) in [5.74, 6) is 1.44. The first kappa shape index (κ1) is 12.1. The molecule has 0 amide bonds. The predicted molar refractivity (Wildman–Crippen MR) is 69.0 cm³/mol. The second kappa shape index (κ2) is 5.84. The fraction of sp³-hybridized carbons (Fsp3) is 0.545. The minimum atomic E-state index is 0.650. The fourth-order valence-corrected chi connectivity index (χ4v) is 2.45. The lowest BCUT2D eigenvalue weighted by Crippen LogP contribution is -2.10. The van der Waals surface area contributed by atoms with Gasteiger partial charge in [0.25, 0.3) is 0 Å². The van der Waals surface area contributed by atoms with Gasteiger partial charge in [-0.2, -0.15) is 0 Å². The number of nitrogens with zero attached hydrogens (tertiary/aromatic N) is 1. The van der Waals surface area contributed by atoms with Gasteiger partial charge in [-0.05, 0) is 40.8 Å². The Morgan fingerprint density at radius 3 is 3.19 bits per heavy atom. The van der Waals surface area contributed by atoms with Crippen LogP contribution >= 0.6 is 27.5 Å². The lowest BCUT2D eigenvalue weighted by molar-refractivity contribution is 0.185. The molecule has 16 heavy (non-hydrogen) atoms. The van der Waals surface area contributed by atoms with Gasteiger partial charge in [0.05, 0.1) is 5.02 Å². The van der Waals surface area contributed by atoms with Gasteiger partial charge in [0, 0.05) is 30.4 Å². The van der Waals surface area contributed by atoms with Crippen molar-refractivity contribution in [3.63, 3.8) is 0 Å². The number of hydrogen-bond donors (Lipinski definition) is 1. The molecule has 1 saturated heterocycles. The molecule has 5 heteroatoms. The van der Waals surface area contributed by atoms with E-state index in [-0.39, 0.29) is 0 Å². The van der Waals surface area contributed by atoms with E-state index in [9.17, 15) is 0 Å². The summed E-state index contributed by atoms with van der Waals surface area (Å²) in [4.78, 5) is 4.22. The van der Waals surface area contributed by atoms with Crippen LogP contribution in [0.4, 0.5) is 5.82 Å². The van der Waals surface area contributed by atoms with Gasteiger partial charge in [-0.25, -0.2) is 4.98 Å². The zero-order valence-electron chi connectivity index (χ0n) is 8.88. The average Bonchev–Trinajstić information content (AvgIpc) is 2.74. The Morgan fingerprint density at radius 2 is 2.50 bits per heavy atom. The number of nitrogens with one attached hydrogen (secondary N) is 1. The standard InChI is InChI=1S/C11H14BrClN2O/c12-9-5-10(13)11(15-6-9)14-3-1-8-2-4-16-7-8/h5-6,8H,1-4,7H2,(H,14,15). The molecule has 0 spiro atoms. The van der Waals surface area contributed by atoms with Crippen molar-refractivity contribution in [3.8, 4) is 0 Å². The van der Waals surface area contributed by atoms with Gasteiger partial charge >= 0.3 is 0 Å². The van der Waals surface area contributed by atoms with Crippen molar-refractivity contribution in [2.45, 2.75) is 12.8 Å². The van der Waals surface area contributed by atoms with Gasteiger partial charge in [0.2, 0.25) is 0 Å². The normalized spacial score (nSPS) is 20.0. The molecule has 0 aromatic carbocycles. The fourth-order valence-electron chi connectivity index (χ4n) is 1.75. The molecule has 88 valence electrons. The smallest absolute Gasteiger partial charge is 0.144 e.